The van der Waals surface area contributed by atoms with Gasteiger partial charge in [-0.1, -0.05) is 6.92 Å². The predicted octanol–water partition coefficient (Wildman–Crippen LogP) is 0.652. The third kappa shape index (κ3) is 2.91. The van der Waals surface area contributed by atoms with E-state index in [0.29, 0.717) is 6.54 Å². The second-order valence-corrected chi connectivity index (χ2v) is 3.81. The zero-order valence-electron chi connectivity index (χ0n) is 10.3. The molecule has 6 nitrogen and oxygen atoms in total. The first-order chi connectivity index (χ1) is 8.33. The second kappa shape index (κ2) is 5.58. The summed E-state index contributed by atoms with van der Waals surface area (Å²) >= 11 is 0. The summed E-state index contributed by atoms with van der Waals surface area (Å²) in [6.07, 6.45) is 5.47. The molecule has 0 radical (unpaired) electrons. The summed E-state index contributed by atoms with van der Waals surface area (Å²) in [4.78, 5) is 8.57. The van der Waals surface area contributed by atoms with Gasteiger partial charge in [-0.25, -0.2) is 14.6 Å². The molecular weight excluding hydrogens is 216 g/mol. The molecule has 0 saturated heterocycles. The number of hydrogen-bond acceptors (Lipinski definition) is 4. The van der Waals surface area contributed by atoms with Gasteiger partial charge in [0.25, 0.3) is 0 Å². The summed E-state index contributed by atoms with van der Waals surface area (Å²) in [6.45, 7) is 7.46. The normalized spacial score (nSPS) is 10.9. The first-order valence-corrected chi connectivity index (χ1v) is 5.91. The smallest absolute Gasteiger partial charge is 0.146 e. The number of nitrogens with zero attached hydrogens (tertiary/aromatic N) is 5. The topological polar surface area (TPSA) is 60.6 Å². The van der Waals surface area contributed by atoms with E-state index in [2.05, 4.69) is 34.2 Å². The first-order valence-electron chi connectivity index (χ1n) is 5.91. The molecule has 0 bridgehead atoms. The highest BCUT2D eigenvalue weighted by atomic mass is 15.3. The SMILES string of the molecule is CCNCc1cn(Cc2ncnn2CC)cn1. The molecular formula is C11H18N6. The Morgan fingerprint density at radius 1 is 1.29 bits per heavy atom. The number of nitrogens with one attached hydrogen (secondary N) is 1. The molecule has 17 heavy (non-hydrogen) atoms. The van der Waals surface area contributed by atoms with Gasteiger partial charge in [0.2, 0.25) is 0 Å². The average molecular weight is 234 g/mol. The highest BCUT2D eigenvalue weighted by Crippen LogP contribution is 2.01. The van der Waals surface area contributed by atoms with E-state index in [4.69, 9.17) is 0 Å². The molecule has 0 amide bonds. The molecule has 2 aromatic rings. The van der Waals surface area contributed by atoms with Crippen LogP contribution in [0.2, 0.25) is 0 Å². The lowest BCUT2D eigenvalue weighted by molar-refractivity contribution is 0.591. The van der Waals surface area contributed by atoms with Crippen molar-refractivity contribution < 1.29 is 0 Å². The van der Waals surface area contributed by atoms with Crippen molar-refractivity contribution in [1.82, 2.24) is 29.6 Å². The molecule has 0 aliphatic rings. The highest BCUT2D eigenvalue weighted by Gasteiger charge is 2.04. The molecule has 2 heterocycles. The minimum Gasteiger partial charge on any atom is -0.330 e. The van der Waals surface area contributed by atoms with Crippen LogP contribution in [0.15, 0.2) is 18.9 Å². The van der Waals surface area contributed by atoms with Crippen molar-refractivity contribution in [3.8, 4) is 0 Å². The fraction of sp³-hybridized carbons (Fsp3) is 0.545. The Morgan fingerprint density at radius 3 is 2.94 bits per heavy atom. The van der Waals surface area contributed by atoms with Gasteiger partial charge >= 0.3 is 0 Å². The van der Waals surface area contributed by atoms with Crippen LogP contribution in [0.4, 0.5) is 0 Å². The van der Waals surface area contributed by atoms with Crippen LogP contribution in [0.3, 0.4) is 0 Å². The fourth-order valence-corrected chi connectivity index (χ4v) is 1.68. The first kappa shape index (κ1) is 11.8. The fourth-order valence-electron chi connectivity index (χ4n) is 1.68. The standard InChI is InChI=1S/C11H18N6/c1-3-12-5-10-6-16(9-14-10)7-11-13-8-15-17(11)4-2/h6,8-9,12H,3-5,7H2,1-2H3. The van der Waals surface area contributed by atoms with Gasteiger partial charge in [-0.05, 0) is 13.5 Å². The lowest BCUT2D eigenvalue weighted by Crippen LogP contribution is -2.12. The van der Waals surface area contributed by atoms with Crippen molar-refractivity contribution >= 4 is 0 Å². The van der Waals surface area contributed by atoms with E-state index in [1.807, 2.05) is 21.8 Å². The Morgan fingerprint density at radius 2 is 2.18 bits per heavy atom. The molecule has 0 unspecified atom stereocenters. The van der Waals surface area contributed by atoms with Gasteiger partial charge < -0.3 is 9.88 Å². The largest absolute Gasteiger partial charge is 0.330 e. The number of aromatic nitrogens is 5. The zero-order valence-corrected chi connectivity index (χ0v) is 10.3. The van der Waals surface area contributed by atoms with Crippen molar-refractivity contribution in [2.24, 2.45) is 0 Å². The van der Waals surface area contributed by atoms with E-state index >= 15 is 0 Å². The molecule has 0 aliphatic heterocycles. The number of aryl methyl sites for hydroxylation is 1. The van der Waals surface area contributed by atoms with E-state index in [9.17, 15) is 0 Å². The van der Waals surface area contributed by atoms with Crippen LogP contribution in [0.5, 0.6) is 0 Å². The Kier molecular flexibility index (Phi) is 3.87. The Balaban J connectivity index is 2.01. The van der Waals surface area contributed by atoms with Crippen molar-refractivity contribution in [2.75, 3.05) is 6.54 Å². The van der Waals surface area contributed by atoms with Crippen LogP contribution in [-0.2, 0) is 19.6 Å². The maximum atomic E-state index is 4.33. The quantitative estimate of drug-likeness (QED) is 0.797. The van der Waals surface area contributed by atoms with E-state index < -0.39 is 0 Å². The van der Waals surface area contributed by atoms with Gasteiger partial charge in [-0.3, -0.25) is 0 Å². The zero-order chi connectivity index (χ0) is 12.1. The number of imidazole rings is 1. The molecule has 0 aliphatic carbocycles. The lowest BCUT2D eigenvalue weighted by atomic mass is 10.4. The minimum atomic E-state index is 0.715. The second-order valence-electron chi connectivity index (χ2n) is 3.81. The Bertz CT molecular complexity index is 458. The van der Waals surface area contributed by atoms with E-state index in [-0.39, 0.29) is 0 Å². The van der Waals surface area contributed by atoms with Crippen LogP contribution in [0.25, 0.3) is 0 Å². The van der Waals surface area contributed by atoms with Gasteiger partial charge in [0.05, 0.1) is 18.6 Å². The van der Waals surface area contributed by atoms with Gasteiger partial charge in [-0.15, -0.1) is 0 Å². The van der Waals surface area contributed by atoms with Crippen LogP contribution < -0.4 is 5.32 Å². The Labute approximate surface area is 101 Å². The number of rotatable bonds is 6. The molecule has 0 saturated carbocycles. The summed E-state index contributed by atoms with van der Waals surface area (Å²) < 4.78 is 3.92. The highest BCUT2D eigenvalue weighted by molar-refractivity contribution is 4.98. The molecule has 6 heteroatoms. The predicted molar refractivity (Wildman–Crippen MR) is 64.4 cm³/mol. The molecule has 2 rings (SSSR count). The molecule has 0 atom stereocenters. The van der Waals surface area contributed by atoms with Crippen LogP contribution in [0, 0.1) is 0 Å². The summed E-state index contributed by atoms with van der Waals surface area (Å²) in [6, 6.07) is 0. The molecule has 1 N–H and O–H groups in total. The van der Waals surface area contributed by atoms with Crippen molar-refractivity contribution in [3.05, 3.63) is 30.4 Å². The third-order valence-corrected chi connectivity index (χ3v) is 2.56. The van der Waals surface area contributed by atoms with Crippen LogP contribution >= 0.6 is 0 Å². The summed E-state index contributed by atoms with van der Waals surface area (Å²) in [7, 11) is 0. The average Bonchev–Trinajstić information content (AvgIpc) is 2.96. The van der Waals surface area contributed by atoms with Gasteiger partial charge in [-0.2, -0.15) is 5.10 Å². The molecule has 0 spiro atoms. The summed E-state index contributed by atoms with van der Waals surface area (Å²) in [5.74, 6) is 0.958. The lowest BCUT2D eigenvalue weighted by Gasteiger charge is -2.03. The van der Waals surface area contributed by atoms with Crippen LogP contribution in [-0.4, -0.2) is 30.9 Å². The molecule has 92 valence electrons. The molecule has 0 aromatic carbocycles. The third-order valence-electron chi connectivity index (χ3n) is 2.56. The van der Waals surface area contributed by atoms with E-state index in [1.165, 1.54) is 0 Å². The maximum Gasteiger partial charge on any atom is 0.146 e. The van der Waals surface area contributed by atoms with E-state index in [0.717, 1.165) is 31.2 Å². The van der Waals surface area contributed by atoms with Crippen molar-refractivity contribution in [1.29, 1.82) is 0 Å². The van der Waals surface area contributed by atoms with Gasteiger partial charge in [0.15, 0.2) is 0 Å². The molecule has 2 aromatic heterocycles. The van der Waals surface area contributed by atoms with E-state index in [1.54, 1.807) is 6.33 Å². The van der Waals surface area contributed by atoms with Crippen molar-refractivity contribution in [2.45, 2.75) is 33.5 Å². The van der Waals surface area contributed by atoms with Gasteiger partial charge in [0, 0.05) is 19.3 Å². The minimum absolute atomic E-state index is 0.715. The summed E-state index contributed by atoms with van der Waals surface area (Å²) in [5.41, 5.74) is 1.05. The molecule has 0 fully saturated rings. The maximum absolute atomic E-state index is 4.33. The monoisotopic (exact) mass is 234 g/mol. The summed E-state index contributed by atoms with van der Waals surface area (Å²) in [5, 5.41) is 7.40. The Hall–Kier alpha value is -1.69. The van der Waals surface area contributed by atoms with Gasteiger partial charge in [0.1, 0.15) is 12.2 Å². The van der Waals surface area contributed by atoms with Crippen molar-refractivity contribution in [3.63, 3.8) is 0 Å². The number of hydrogen-bond donors (Lipinski definition) is 1. The van der Waals surface area contributed by atoms with Crippen LogP contribution in [0.1, 0.15) is 25.4 Å².